The van der Waals surface area contributed by atoms with Gasteiger partial charge >= 0.3 is 0 Å². The van der Waals surface area contributed by atoms with E-state index in [1.165, 1.54) is 13.0 Å². The first-order chi connectivity index (χ1) is 5.25. The fourth-order valence-corrected chi connectivity index (χ4v) is 1.85. The molecule has 1 saturated heterocycles. The zero-order chi connectivity index (χ0) is 8.27. The van der Waals surface area contributed by atoms with Crippen LogP contribution in [0.25, 0.3) is 0 Å². The molecule has 0 aromatic carbocycles. The fraction of sp³-hybridized carbons (Fsp3) is 0.889. The van der Waals surface area contributed by atoms with Crippen LogP contribution in [0.4, 0.5) is 0 Å². The molecule has 0 aliphatic carbocycles. The third-order valence-electron chi connectivity index (χ3n) is 2.58. The molecule has 1 aliphatic heterocycles. The quantitative estimate of drug-likeness (QED) is 0.633. The lowest BCUT2D eigenvalue weighted by atomic mass is 9.90. The predicted octanol–water partition coefficient (Wildman–Crippen LogP) is 0.750. The van der Waals surface area contributed by atoms with Gasteiger partial charge in [0.1, 0.15) is 0 Å². The van der Waals surface area contributed by atoms with Gasteiger partial charge < -0.3 is 10.2 Å². The van der Waals surface area contributed by atoms with Gasteiger partial charge in [-0.1, -0.05) is 6.92 Å². The van der Waals surface area contributed by atoms with E-state index in [9.17, 15) is 0 Å². The van der Waals surface area contributed by atoms with Gasteiger partial charge in [0.2, 0.25) is 0 Å². The second kappa shape index (κ2) is 4.07. The van der Waals surface area contributed by atoms with Gasteiger partial charge in [-0.25, -0.2) is 0 Å². The summed E-state index contributed by atoms with van der Waals surface area (Å²) in [5.74, 6) is 0.735. The standard InChI is InChI=1S/C9H19N2/c1-4-8-7-10-6-5-9(8)11(2)3/h4,8-10H,5-7H2,1-3H3. The number of hydrogen-bond acceptors (Lipinski definition) is 2. The van der Waals surface area contributed by atoms with Gasteiger partial charge in [0.05, 0.1) is 0 Å². The third kappa shape index (κ3) is 2.17. The van der Waals surface area contributed by atoms with Gasteiger partial charge in [0.15, 0.2) is 0 Å². The van der Waals surface area contributed by atoms with Crippen molar-refractivity contribution in [1.82, 2.24) is 10.2 Å². The lowest BCUT2D eigenvalue weighted by molar-refractivity contribution is 0.186. The molecule has 0 amide bonds. The largest absolute Gasteiger partial charge is 0.316 e. The Labute approximate surface area is 70.0 Å². The zero-order valence-electron chi connectivity index (χ0n) is 7.80. The minimum absolute atomic E-state index is 0.735. The molecule has 0 aromatic rings. The highest BCUT2D eigenvalue weighted by Crippen LogP contribution is 2.17. The average molecular weight is 155 g/mol. The van der Waals surface area contributed by atoms with Gasteiger partial charge in [-0.2, -0.15) is 0 Å². The first kappa shape index (κ1) is 9.01. The molecular weight excluding hydrogens is 136 g/mol. The van der Waals surface area contributed by atoms with Crippen molar-refractivity contribution in [3.05, 3.63) is 6.42 Å². The smallest absolute Gasteiger partial charge is 0.0144 e. The summed E-state index contributed by atoms with van der Waals surface area (Å²) in [6.07, 6.45) is 3.60. The molecule has 1 rings (SSSR count). The summed E-state index contributed by atoms with van der Waals surface area (Å²) in [5.41, 5.74) is 0. The average Bonchev–Trinajstić information content (AvgIpc) is 2.04. The predicted molar refractivity (Wildman–Crippen MR) is 48.4 cm³/mol. The van der Waals surface area contributed by atoms with Gasteiger partial charge in [0, 0.05) is 6.04 Å². The molecule has 1 N–H and O–H groups in total. The van der Waals surface area contributed by atoms with Gasteiger partial charge in [-0.3, -0.25) is 0 Å². The maximum Gasteiger partial charge on any atom is 0.0144 e. The molecule has 11 heavy (non-hydrogen) atoms. The summed E-state index contributed by atoms with van der Waals surface area (Å²) >= 11 is 0. The molecule has 2 heteroatoms. The van der Waals surface area contributed by atoms with E-state index in [4.69, 9.17) is 0 Å². The second-order valence-electron chi connectivity index (χ2n) is 3.52. The number of nitrogens with one attached hydrogen (secondary N) is 1. The highest BCUT2D eigenvalue weighted by Gasteiger charge is 2.24. The molecule has 1 heterocycles. The van der Waals surface area contributed by atoms with Crippen molar-refractivity contribution >= 4 is 0 Å². The van der Waals surface area contributed by atoms with Crippen LogP contribution in [-0.2, 0) is 0 Å². The third-order valence-corrected chi connectivity index (χ3v) is 2.58. The number of hydrogen-bond donors (Lipinski definition) is 1. The molecule has 1 aliphatic rings. The molecule has 2 nitrogen and oxygen atoms in total. The Hall–Kier alpha value is -0.0800. The van der Waals surface area contributed by atoms with Crippen LogP contribution in [0.15, 0.2) is 0 Å². The van der Waals surface area contributed by atoms with Crippen LogP contribution in [0.5, 0.6) is 0 Å². The minimum atomic E-state index is 0.735. The van der Waals surface area contributed by atoms with E-state index in [2.05, 4.69) is 37.7 Å². The van der Waals surface area contributed by atoms with E-state index in [-0.39, 0.29) is 0 Å². The van der Waals surface area contributed by atoms with Gasteiger partial charge in [0.25, 0.3) is 0 Å². The van der Waals surface area contributed by atoms with Gasteiger partial charge in [-0.05, 0) is 45.9 Å². The highest BCUT2D eigenvalue weighted by atomic mass is 15.1. The van der Waals surface area contributed by atoms with E-state index in [1.54, 1.807) is 0 Å². The minimum Gasteiger partial charge on any atom is -0.316 e. The zero-order valence-corrected chi connectivity index (χ0v) is 7.80. The van der Waals surface area contributed by atoms with Crippen LogP contribution >= 0.6 is 0 Å². The summed E-state index contributed by atoms with van der Waals surface area (Å²) in [7, 11) is 4.35. The van der Waals surface area contributed by atoms with Crippen molar-refractivity contribution in [1.29, 1.82) is 0 Å². The lowest BCUT2D eigenvalue weighted by Gasteiger charge is -2.35. The van der Waals surface area contributed by atoms with Crippen molar-refractivity contribution in [2.75, 3.05) is 27.2 Å². The van der Waals surface area contributed by atoms with E-state index in [1.807, 2.05) is 0 Å². The fourth-order valence-electron chi connectivity index (χ4n) is 1.85. The highest BCUT2D eigenvalue weighted by molar-refractivity contribution is 4.89. The monoisotopic (exact) mass is 155 g/mol. The van der Waals surface area contributed by atoms with Crippen molar-refractivity contribution in [3.63, 3.8) is 0 Å². The first-order valence-electron chi connectivity index (χ1n) is 4.42. The van der Waals surface area contributed by atoms with Crippen LogP contribution < -0.4 is 5.32 Å². The second-order valence-corrected chi connectivity index (χ2v) is 3.52. The number of rotatable bonds is 2. The summed E-state index contributed by atoms with van der Waals surface area (Å²) in [6, 6.07) is 0.751. The Morgan fingerprint density at radius 1 is 1.45 bits per heavy atom. The van der Waals surface area contributed by atoms with Crippen LogP contribution in [-0.4, -0.2) is 38.1 Å². The lowest BCUT2D eigenvalue weighted by Crippen LogP contribution is -2.46. The van der Waals surface area contributed by atoms with Crippen molar-refractivity contribution in [2.45, 2.75) is 19.4 Å². The van der Waals surface area contributed by atoms with Crippen molar-refractivity contribution < 1.29 is 0 Å². The Morgan fingerprint density at radius 2 is 2.18 bits per heavy atom. The van der Waals surface area contributed by atoms with Crippen LogP contribution in [0.3, 0.4) is 0 Å². The Bertz CT molecular complexity index is 112. The molecule has 1 radical (unpaired) electrons. The maximum atomic E-state index is 3.41. The molecule has 2 atom stereocenters. The van der Waals surface area contributed by atoms with E-state index in [0.717, 1.165) is 18.5 Å². The Kier molecular flexibility index (Phi) is 3.34. The number of nitrogens with zero attached hydrogens (tertiary/aromatic N) is 1. The van der Waals surface area contributed by atoms with Gasteiger partial charge in [-0.15, -0.1) is 0 Å². The van der Waals surface area contributed by atoms with E-state index >= 15 is 0 Å². The first-order valence-corrected chi connectivity index (χ1v) is 4.42. The SMILES string of the molecule is C[CH]C1CNCCC1N(C)C. The van der Waals surface area contributed by atoms with E-state index < -0.39 is 0 Å². The molecule has 2 unspecified atom stereocenters. The molecule has 65 valence electrons. The Balaban J connectivity index is 2.44. The normalized spacial score (nSPS) is 32.7. The number of piperidine rings is 1. The van der Waals surface area contributed by atoms with Crippen molar-refractivity contribution in [3.8, 4) is 0 Å². The molecule has 0 spiro atoms. The van der Waals surface area contributed by atoms with Crippen LogP contribution in [0, 0.1) is 12.3 Å². The van der Waals surface area contributed by atoms with Crippen molar-refractivity contribution in [2.24, 2.45) is 5.92 Å². The summed E-state index contributed by atoms with van der Waals surface area (Å²) in [5, 5.41) is 3.41. The summed E-state index contributed by atoms with van der Waals surface area (Å²) in [6.45, 7) is 4.49. The van der Waals surface area contributed by atoms with E-state index in [0.29, 0.717) is 0 Å². The summed E-state index contributed by atoms with van der Waals surface area (Å²) < 4.78 is 0. The van der Waals surface area contributed by atoms with Crippen LogP contribution in [0.2, 0.25) is 0 Å². The maximum absolute atomic E-state index is 3.41. The molecule has 1 fully saturated rings. The molecule has 0 saturated carbocycles. The molecule has 0 bridgehead atoms. The van der Waals surface area contributed by atoms with Crippen LogP contribution in [0.1, 0.15) is 13.3 Å². The topological polar surface area (TPSA) is 15.3 Å². The Morgan fingerprint density at radius 3 is 2.64 bits per heavy atom. The molecule has 0 aromatic heterocycles. The summed E-state index contributed by atoms with van der Waals surface area (Å²) in [4.78, 5) is 2.34. The molecular formula is C9H19N2.